The fourth-order valence-electron chi connectivity index (χ4n) is 6.18. The van der Waals surface area contributed by atoms with E-state index in [1.54, 1.807) is 11.1 Å². The van der Waals surface area contributed by atoms with E-state index in [0.29, 0.717) is 5.41 Å². The minimum Gasteiger partial charge on any atom is -0.300 e. The van der Waals surface area contributed by atoms with Gasteiger partial charge in [0.05, 0.1) is 0 Å². The molecule has 1 saturated carbocycles. The van der Waals surface area contributed by atoms with Crippen molar-refractivity contribution in [2.45, 2.75) is 89.5 Å². The van der Waals surface area contributed by atoms with Crippen LogP contribution >= 0.6 is 0 Å². The molecule has 25 heavy (non-hydrogen) atoms. The Morgan fingerprint density at radius 2 is 1.88 bits per heavy atom. The zero-order chi connectivity index (χ0) is 17.3. The van der Waals surface area contributed by atoms with Crippen molar-refractivity contribution in [1.29, 1.82) is 0 Å². The average molecular weight is 340 g/mol. The van der Waals surface area contributed by atoms with Crippen molar-refractivity contribution in [2.75, 3.05) is 13.1 Å². The van der Waals surface area contributed by atoms with Crippen molar-refractivity contribution in [2.24, 2.45) is 11.8 Å². The Kier molecular flexibility index (Phi) is 5.23. The van der Waals surface area contributed by atoms with Gasteiger partial charge in [0.2, 0.25) is 0 Å². The van der Waals surface area contributed by atoms with Gasteiger partial charge in [0.25, 0.3) is 0 Å². The van der Waals surface area contributed by atoms with E-state index in [1.807, 2.05) is 0 Å². The lowest BCUT2D eigenvalue weighted by atomic mass is 9.59. The minimum absolute atomic E-state index is 0.401. The van der Waals surface area contributed by atoms with Gasteiger partial charge in [-0.1, -0.05) is 83.1 Å². The van der Waals surface area contributed by atoms with Crippen molar-refractivity contribution in [1.82, 2.24) is 4.90 Å². The van der Waals surface area contributed by atoms with E-state index >= 15 is 0 Å². The quantitative estimate of drug-likeness (QED) is 0.598. The molecule has 1 aromatic carbocycles. The number of rotatable bonds is 5. The Bertz CT molecular complexity index is 573. The maximum absolute atomic E-state index is 2.85. The number of hydrogen-bond donors (Lipinski definition) is 0. The van der Waals surface area contributed by atoms with Crippen LogP contribution in [0.3, 0.4) is 0 Å². The normalized spacial score (nSPS) is 33.2. The third-order valence-corrected chi connectivity index (χ3v) is 8.06. The third-order valence-electron chi connectivity index (χ3n) is 8.06. The monoisotopic (exact) mass is 339 g/mol. The summed E-state index contributed by atoms with van der Waals surface area (Å²) < 4.78 is 0. The Labute approximate surface area is 155 Å². The van der Waals surface area contributed by atoms with E-state index in [2.05, 4.69) is 43.0 Å². The summed E-state index contributed by atoms with van der Waals surface area (Å²) >= 11 is 0. The van der Waals surface area contributed by atoms with Crippen molar-refractivity contribution in [3.63, 3.8) is 0 Å². The molecular formula is C24H37N. The highest BCUT2D eigenvalue weighted by Crippen LogP contribution is 2.48. The van der Waals surface area contributed by atoms with Crippen molar-refractivity contribution >= 4 is 0 Å². The second-order valence-electron chi connectivity index (χ2n) is 9.42. The lowest BCUT2D eigenvalue weighted by Crippen LogP contribution is -2.58. The lowest BCUT2D eigenvalue weighted by Gasteiger charge is -2.54. The molecule has 1 saturated heterocycles. The summed E-state index contributed by atoms with van der Waals surface area (Å²) in [6.07, 6.45) is 14.5. The molecule has 1 heterocycles. The Balaban J connectivity index is 1.34. The van der Waals surface area contributed by atoms with Gasteiger partial charge in [0.15, 0.2) is 0 Å². The van der Waals surface area contributed by atoms with Crippen LogP contribution in [0.4, 0.5) is 0 Å². The molecule has 1 heteroatoms. The number of piperidine rings is 1. The number of unbranched alkanes of at least 4 members (excludes halogenated alkanes) is 1. The van der Waals surface area contributed by atoms with E-state index in [-0.39, 0.29) is 0 Å². The largest absolute Gasteiger partial charge is 0.300 e. The molecule has 1 nitrogen and oxygen atoms in total. The van der Waals surface area contributed by atoms with E-state index < -0.39 is 0 Å². The molecule has 0 unspecified atom stereocenters. The maximum Gasteiger partial charge on any atom is 0.0170 e. The summed E-state index contributed by atoms with van der Waals surface area (Å²) in [6.45, 7) is 7.70. The van der Waals surface area contributed by atoms with Gasteiger partial charge in [-0.25, -0.2) is 0 Å². The third kappa shape index (κ3) is 3.42. The van der Waals surface area contributed by atoms with Crippen LogP contribution in [-0.4, -0.2) is 24.0 Å². The van der Waals surface area contributed by atoms with Crippen LogP contribution in [-0.2, 0) is 11.8 Å². The number of hydrogen-bond acceptors (Lipinski definition) is 1. The van der Waals surface area contributed by atoms with Crippen LogP contribution in [0.15, 0.2) is 24.3 Å². The average Bonchev–Trinajstić information content (AvgIpc) is 2.64. The highest BCUT2D eigenvalue weighted by Gasteiger charge is 2.47. The molecule has 3 atom stereocenters. The molecular weight excluding hydrogens is 302 g/mol. The molecule has 0 radical (unpaired) electrons. The molecule has 1 aromatic rings. The molecule has 2 aliphatic carbocycles. The SMILES string of the molecule is C[C@@H]1[C@@H]2Cc3ccccc3[C@@]1(C)CCN2CCCCC1CCCCC1. The summed E-state index contributed by atoms with van der Waals surface area (Å²) in [4.78, 5) is 2.85. The first kappa shape index (κ1) is 17.6. The summed E-state index contributed by atoms with van der Waals surface area (Å²) in [7, 11) is 0. The highest BCUT2D eigenvalue weighted by atomic mass is 15.2. The number of benzene rings is 1. The minimum atomic E-state index is 0.401. The van der Waals surface area contributed by atoms with E-state index in [0.717, 1.165) is 17.9 Å². The molecule has 0 aromatic heterocycles. The van der Waals surface area contributed by atoms with Gasteiger partial charge < -0.3 is 0 Å². The van der Waals surface area contributed by atoms with Gasteiger partial charge in [-0.3, -0.25) is 4.90 Å². The summed E-state index contributed by atoms with van der Waals surface area (Å²) in [5, 5.41) is 0. The standard InChI is InChI=1S/C24H37N/c1-19-23-18-21-13-6-7-14-22(21)24(19,2)15-17-25(23)16-9-8-12-20-10-4-3-5-11-20/h6-7,13-14,19-20,23H,3-5,8-12,15-18H2,1-2H3/t19-,23+,24+/m1/s1. The highest BCUT2D eigenvalue weighted by molar-refractivity contribution is 5.39. The fourth-order valence-corrected chi connectivity index (χ4v) is 6.18. The van der Waals surface area contributed by atoms with E-state index in [9.17, 15) is 0 Å². The van der Waals surface area contributed by atoms with E-state index in [1.165, 1.54) is 77.3 Å². The molecule has 0 N–H and O–H groups in total. The van der Waals surface area contributed by atoms with Crippen molar-refractivity contribution < 1.29 is 0 Å². The van der Waals surface area contributed by atoms with Gasteiger partial charge in [0.1, 0.15) is 0 Å². The summed E-state index contributed by atoms with van der Waals surface area (Å²) in [5.41, 5.74) is 3.67. The summed E-state index contributed by atoms with van der Waals surface area (Å²) in [5.74, 6) is 1.84. The van der Waals surface area contributed by atoms with Crippen molar-refractivity contribution in [3.8, 4) is 0 Å². The predicted molar refractivity (Wildman–Crippen MR) is 107 cm³/mol. The predicted octanol–water partition coefficient (Wildman–Crippen LogP) is 5.96. The van der Waals surface area contributed by atoms with Crippen LogP contribution in [0.2, 0.25) is 0 Å². The van der Waals surface area contributed by atoms with Crippen LogP contribution in [0, 0.1) is 11.8 Å². The Morgan fingerprint density at radius 3 is 2.72 bits per heavy atom. The maximum atomic E-state index is 2.85. The van der Waals surface area contributed by atoms with Crippen LogP contribution in [0.25, 0.3) is 0 Å². The summed E-state index contributed by atoms with van der Waals surface area (Å²) in [6, 6.07) is 10.0. The molecule has 2 fully saturated rings. The molecule has 0 amide bonds. The lowest BCUT2D eigenvalue weighted by molar-refractivity contribution is 0.0301. The fraction of sp³-hybridized carbons (Fsp3) is 0.750. The first-order valence-corrected chi connectivity index (χ1v) is 11.0. The smallest absolute Gasteiger partial charge is 0.0170 e. The molecule has 138 valence electrons. The van der Waals surface area contributed by atoms with Gasteiger partial charge >= 0.3 is 0 Å². The molecule has 4 rings (SSSR count). The Morgan fingerprint density at radius 1 is 1.08 bits per heavy atom. The zero-order valence-corrected chi connectivity index (χ0v) is 16.5. The number of fused-ring (bicyclic) bond motifs is 4. The van der Waals surface area contributed by atoms with Gasteiger partial charge in [-0.15, -0.1) is 0 Å². The molecule has 2 bridgehead atoms. The Hall–Kier alpha value is -0.820. The van der Waals surface area contributed by atoms with Crippen LogP contribution < -0.4 is 0 Å². The second kappa shape index (κ2) is 7.43. The first-order chi connectivity index (χ1) is 12.2. The number of likely N-dealkylation sites (tertiary alicyclic amines) is 1. The van der Waals surface area contributed by atoms with Gasteiger partial charge in [-0.05, 0) is 60.7 Å². The first-order valence-electron chi connectivity index (χ1n) is 11.0. The second-order valence-corrected chi connectivity index (χ2v) is 9.42. The van der Waals surface area contributed by atoms with Gasteiger partial charge in [-0.2, -0.15) is 0 Å². The van der Waals surface area contributed by atoms with Crippen molar-refractivity contribution in [3.05, 3.63) is 35.4 Å². The molecule has 0 spiro atoms. The zero-order valence-electron chi connectivity index (χ0n) is 16.5. The molecule has 1 aliphatic heterocycles. The molecule has 3 aliphatic rings. The van der Waals surface area contributed by atoms with Crippen LogP contribution in [0.5, 0.6) is 0 Å². The van der Waals surface area contributed by atoms with Gasteiger partial charge in [0, 0.05) is 6.04 Å². The number of nitrogens with zero attached hydrogens (tertiary/aromatic N) is 1. The van der Waals surface area contributed by atoms with Crippen LogP contribution in [0.1, 0.15) is 82.8 Å². The van der Waals surface area contributed by atoms with E-state index in [4.69, 9.17) is 0 Å². The topological polar surface area (TPSA) is 3.24 Å².